The van der Waals surface area contributed by atoms with Crippen LogP contribution in [0.4, 0.5) is 24.8 Å². The van der Waals surface area contributed by atoms with Gasteiger partial charge in [-0.1, -0.05) is 26.0 Å². The largest absolute Gasteiger partial charge is 0.477 e. The third kappa shape index (κ3) is 4.34. The van der Waals surface area contributed by atoms with Crippen molar-refractivity contribution in [1.82, 2.24) is 9.97 Å². The lowest BCUT2D eigenvalue weighted by molar-refractivity contribution is -0.139. The Hall–Kier alpha value is -2.31. The molecule has 4 nitrogen and oxygen atoms in total. The molecule has 0 atom stereocenters. The predicted octanol–water partition coefficient (Wildman–Crippen LogP) is 4.76. The summed E-state index contributed by atoms with van der Waals surface area (Å²) in [6.07, 6.45) is -3.83. The number of halogens is 3. The molecule has 1 heterocycles. The summed E-state index contributed by atoms with van der Waals surface area (Å²) in [4.78, 5) is 7.54. The van der Waals surface area contributed by atoms with Crippen molar-refractivity contribution in [3.63, 3.8) is 0 Å². The van der Waals surface area contributed by atoms with E-state index in [9.17, 15) is 13.2 Å². The van der Waals surface area contributed by atoms with E-state index in [0.29, 0.717) is 11.6 Å². The van der Waals surface area contributed by atoms with Crippen molar-refractivity contribution < 1.29 is 17.9 Å². The second kappa shape index (κ2) is 6.85. The minimum Gasteiger partial charge on any atom is -0.477 e. The lowest BCUT2D eigenvalue weighted by Gasteiger charge is -2.13. The molecule has 0 fully saturated rings. The van der Waals surface area contributed by atoms with Crippen molar-refractivity contribution in [2.24, 2.45) is 0 Å². The Kier molecular flexibility index (Phi) is 5.08. The topological polar surface area (TPSA) is 47.0 Å². The highest BCUT2D eigenvalue weighted by atomic mass is 19.4. The molecule has 0 saturated heterocycles. The quantitative estimate of drug-likeness (QED) is 0.861. The van der Waals surface area contributed by atoms with Gasteiger partial charge in [-0.25, -0.2) is 4.98 Å². The maximum absolute atomic E-state index is 12.9. The third-order valence-electron chi connectivity index (χ3n) is 3.17. The van der Waals surface area contributed by atoms with Gasteiger partial charge >= 0.3 is 6.18 Å². The molecule has 0 aliphatic carbocycles. The van der Waals surface area contributed by atoms with Crippen LogP contribution in [-0.2, 0) is 6.18 Å². The summed E-state index contributed by atoms with van der Waals surface area (Å²) in [6.45, 7) is 5.84. The lowest BCUT2D eigenvalue weighted by Crippen LogP contribution is -2.12. The number of alkyl halides is 3. The number of hydrogen-bond acceptors (Lipinski definition) is 4. The molecule has 0 unspecified atom stereocenters. The number of nitrogens with zero attached hydrogens (tertiary/aromatic N) is 2. The van der Waals surface area contributed by atoms with Crippen LogP contribution in [0.1, 0.15) is 37.8 Å². The third-order valence-corrected chi connectivity index (χ3v) is 3.17. The lowest BCUT2D eigenvalue weighted by atomic mass is 10.0. The number of rotatable bonds is 5. The highest BCUT2D eigenvalue weighted by Gasteiger charge is 2.36. The van der Waals surface area contributed by atoms with Crippen molar-refractivity contribution in [1.29, 1.82) is 0 Å². The minimum atomic E-state index is -4.55. The fourth-order valence-electron chi connectivity index (χ4n) is 1.95. The van der Waals surface area contributed by atoms with Gasteiger partial charge in [0.05, 0.1) is 6.61 Å². The standard InChI is InChI=1S/C16H18F3N3O/c1-4-23-14-13(16(17,18)19)9-20-15(22-14)21-12-7-5-11(6-8-12)10(2)3/h5-10H,4H2,1-3H3,(H,20,21,22). The summed E-state index contributed by atoms with van der Waals surface area (Å²) in [7, 11) is 0. The van der Waals surface area contributed by atoms with E-state index < -0.39 is 17.6 Å². The van der Waals surface area contributed by atoms with E-state index in [1.165, 1.54) is 5.56 Å². The Balaban J connectivity index is 2.24. The van der Waals surface area contributed by atoms with Gasteiger partial charge in [0, 0.05) is 11.9 Å². The molecule has 1 aromatic heterocycles. The first-order chi connectivity index (χ1) is 10.8. The molecule has 0 amide bonds. The molecule has 0 bridgehead atoms. The van der Waals surface area contributed by atoms with E-state index in [2.05, 4.69) is 29.1 Å². The molecular weight excluding hydrogens is 307 g/mol. The van der Waals surface area contributed by atoms with Gasteiger partial charge in [-0.2, -0.15) is 18.2 Å². The van der Waals surface area contributed by atoms with E-state index in [0.717, 1.165) is 6.20 Å². The number of ether oxygens (including phenoxy) is 1. The molecular formula is C16H18F3N3O. The van der Waals surface area contributed by atoms with Crippen molar-refractivity contribution in [2.45, 2.75) is 32.9 Å². The van der Waals surface area contributed by atoms with Gasteiger partial charge < -0.3 is 10.1 Å². The van der Waals surface area contributed by atoms with Crippen LogP contribution in [0.15, 0.2) is 30.5 Å². The predicted molar refractivity (Wildman–Crippen MR) is 82.0 cm³/mol. The number of anilines is 2. The first-order valence-corrected chi connectivity index (χ1v) is 7.25. The molecule has 2 aromatic rings. The van der Waals surface area contributed by atoms with Crippen LogP contribution in [0.5, 0.6) is 5.88 Å². The van der Waals surface area contributed by atoms with Crippen molar-refractivity contribution in [3.8, 4) is 5.88 Å². The summed E-state index contributed by atoms with van der Waals surface area (Å²) < 4.78 is 43.6. The van der Waals surface area contributed by atoms with E-state index in [4.69, 9.17) is 4.74 Å². The molecule has 0 saturated carbocycles. The Morgan fingerprint density at radius 2 is 1.83 bits per heavy atom. The zero-order chi connectivity index (χ0) is 17.0. The second-order valence-electron chi connectivity index (χ2n) is 5.24. The highest BCUT2D eigenvalue weighted by molar-refractivity contribution is 5.54. The maximum Gasteiger partial charge on any atom is 0.423 e. The number of aromatic nitrogens is 2. The van der Waals surface area contributed by atoms with Crippen molar-refractivity contribution >= 4 is 11.6 Å². The van der Waals surface area contributed by atoms with Gasteiger partial charge in [0.2, 0.25) is 11.8 Å². The normalized spacial score (nSPS) is 11.6. The van der Waals surface area contributed by atoms with Gasteiger partial charge in [-0.05, 0) is 30.5 Å². The molecule has 0 aliphatic rings. The van der Waals surface area contributed by atoms with E-state index in [1.807, 2.05) is 24.3 Å². The van der Waals surface area contributed by atoms with Gasteiger partial charge in [0.15, 0.2) is 0 Å². The van der Waals surface area contributed by atoms with Crippen molar-refractivity contribution in [2.75, 3.05) is 11.9 Å². The Morgan fingerprint density at radius 3 is 2.35 bits per heavy atom. The first kappa shape index (κ1) is 17.1. The van der Waals surface area contributed by atoms with Gasteiger partial charge in [0.1, 0.15) is 5.56 Å². The zero-order valence-electron chi connectivity index (χ0n) is 13.1. The molecule has 1 N–H and O–H groups in total. The Morgan fingerprint density at radius 1 is 1.17 bits per heavy atom. The average molecular weight is 325 g/mol. The highest BCUT2D eigenvalue weighted by Crippen LogP contribution is 2.35. The smallest absolute Gasteiger partial charge is 0.423 e. The monoisotopic (exact) mass is 325 g/mol. The molecule has 0 spiro atoms. The number of hydrogen-bond donors (Lipinski definition) is 1. The van der Waals surface area contributed by atoms with Crippen LogP contribution in [0.25, 0.3) is 0 Å². The van der Waals surface area contributed by atoms with Crippen LogP contribution >= 0.6 is 0 Å². The minimum absolute atomic E-state index is 0.0544. The molecule has 0 aliphatic heterocycles. The van der Waals surface area contributed by atoms with E-state index >= 15 is 0 Å². The molecule has 2 rings (SSSR count). The maximum atomic E-state index is 12.9. The van der Waals surface area contributed by atoms with Crippen LogP contribution in [0.2, 0.25) is 0 Å². The summed E-state index contributed by atoms with van der Waals surface area (Å²) in [5, 5.41) is 2.88. The van der Waals surface area contributed by atoms with Crippen LogP contribution < -0.4 is 10.1 Å². The fraction of sp³-hybridized carbons (Fsp3) is 0.375. The average Bonchev–Trinajstić information content (AvgIpc) is 2.47. The van der Waals surface area contributed by atoms with Crippen LogP contribution in [0.3, 0.4) is 0 Å². The van der Waals surface area contributed by atoms with Crippen molar-refractivity contribution in [3.05, 3.63) is 41.6 Å². The number of nitrogens with one attached hydrogen (secondary N) is 1. The van der Waals surface area contributed by atoms with E-state index in [1.54, 1.807) is 6.92 Å². The SMILES string of the molecule is CCOc1nc(Nc2ccc(C(C)C)cc2)ncc1C(F)(F)F. The van der Waals surface area contributed by atoms with Crippen LogP contribution in [-0.4, -0.2) is 16.6 Å². The van der Waals surface area contributed by atoms with E-state index in [-0.39, 0.29) is 12.6 Å². The Bertz CT molecular complexity index is 655. The molecule has 124 valence electrons. The molecule has 7 heteroatoms. The zero-order valence-corrected chi connectivity index (χ0v) is 13.1. The first-order valence-electron chi connectivity index (χ1n) is 7.25. The van der Waals surface area contributed by atoms with Gasteiger partial charge in [-0.3, -0.25) is 0 Å². The summed E-state index contributed by atoms with van der Waals surface area (Å²) in [6, 6.07) is 7.55. The van der Waals surface area contributed by atoms with Crippen LogP contribution in [0, 0.1) is 0 Å². The molecule has 0 radical (unpaired) electrons. The van der Waals surface area contributed by atoms with Gasteiger partial charge in [0.25, 0.3) is 0 Å². The number of benzene rings is 1. The molecule has 1 aromatic carbocycles. The molecule has 23 heavy (non-hydrogen) atoms. The summed E-state index contributed by atoms with van der Waals surface area (Å²) in [5.41, 5.74) is 0.871. The second-order valence-corrected chi connectivity index (χ2v) is 5.24. The Labute approximate surface area is 132 Å². The summed E-state index contributed by atoms with van der Waals surface area (Å²) in [5.74, 6) is -0.0222. The fourth-order valence-corrected chi connectivity index (χ4v) is 1.95. The van der Waals surface area contributed by atoms with Gasteiger partial charge in [-0.15, -0.1) is 0 Å². The summed E-state index contributed by atoms with van der Waals surface area (Å²) >= 11 is 0.